The lowest BCUT2D eigenvalue weighted by atomic mass is 10.0. The number of hydrogen-bond acceptors (Lipinski definition) is 8. The number of nitrogens with zero attached hydrogens (tertiary/aromatic N) is 3. The summed E-state index contributed by atoms with van der Waals surface area (Å²) in [6.07, 6.45) is 0.303. The summed E-state index contributed by atoms with van der Waals surface area (Å²) >= 11 is 6.13. The van der Waals surface area contributed by atoms with Crippen LogP contribution in [-0.4, -0.2) is 113 Å². The van der Waals surface area contributed by atoms with E-state index in [0.29, 0.717) is 69.8 Å². The van der Waals surface area contributed by atoms with Gasteiger partial charge >= 0.3 is 0 Å². The summed E-state index contributed by atoms with van der Waals surface area (Å²) in [6, 6.07) is 21.9. The first kappa shape index (κ1) is 34.8. The molecule has 0 bridgehead atoms. The number of halogens is 1. The predicted molar refractivity (Wildman–Crippen MR) is 178 cm³/mol. The highest BCUT2D eigenvalue weighted by Crippen LogP contribution is 2.22. The summed E-state index contributed by atoms with van der Waals surface area (Å²) in [6.45, 7) is 5.16. The number of amides is 2. The zero-order chi connectivity index (χ0) is 33.1. The first-order valence-electron chi connectivity index (χ1n) is 15.8. The molecule has 11 nitrogen and oxygen atoms in total. The molecule has 1 atom stereocenters. The van der Waals surface area contributed by atoms with Crippen LogP contribution in [0, 0.1) is 0 Å². The third kappa shape index (κ3) is 9.99. The van der Waals surface area contributed by atoms with Gasteiger partial charge in [0.1, 0.15) is 11.8 Å². The van der Waals surface area contributed by atoms with Crippen LogP contribution in [0.15, 0.2) is 83.8 Å². The summed E-state index contributed by atoms with van der Waals surface area (Å²) in [5.74, 6) is -0.323. The summed E-state index contributed by atoms with van der Waals surface area (Å²) in [5.41, 5.74) is 1.72. The van der Waals surface area contributed by atoms with Gasteiger partial charge in [0.15, 0.2) is 6.61 Å². The monoisotopic (exact) mass is 684 g/mol. The van der Waals surface area contributed by atoms with Gasteiger partial charge in [-0.25, -0.2) is 8.42 Å². The summed E-state index contributed by atoms with van der Waals surface area (Å²) < 4.78 is 44.0. The highest BCUT2D eigenvalue weighted by Gasteiger charge is 2.31. The summed E-state index contributed by atoms with van der Waals surface area (Å²) in [5, 5.41) is 3.62. The number of sulfonamides is 1. The number of benzene rings is 3. The van der Waals surface area contributed by atoms with E-state index >= 15 is 0 Å². The lowest BCUT2D eigenvalue weighted by Gasteiger charge is -2.32. The van der Waals surface area contributed by atoms with Crippen LogP contribution < -0.4 is 10.1 Å². The van der Waals surface area contributed by atoms with E-state index in [9.17, 15) is 18.0 Å². The van der Waals surface area contributed by atoms with Gasteiger partial charge in [0, 0.05) is 57.3 Å². The molecule has 2 saturated heterocycles. The molecule has 2 heterocycles. The smallest absolute Gasteiger partial charge is 0.261 e. The van der Waals surface area contributed by atoms with Gasteiger partial charge < -0.3 is 24.4 Å². The molecule has 2 aliphatic heterocycles. The van der Waals surface area contributed by atoms with Crippen molar-refractivity contribution >= 4 is 33.4 Å². The van der Waals surface area contributed by atoms with Crippen LogP contribution in [0.4, 0.5) is 0 Å². The molecule has 13 heteroatoms. The van der Waals surface area contributed by atoms with Crippen LogP contribution in [0.1, 0.15) is 11.1 Å². The Morgan fingerprint density at radius 2 is 1.49 bits per heavy atom. The Morgan fingerprint density at radius 1 is 0.851 bits per heavy atom. The molecule has 2 fully saturated rings. The molecular weight excluding hydrogens is 644 g/mol. The molecule has 0 aliphatic carbocycles. The fourth-order valence-corrected chi connectivity index (χ4v) is 7.03. The van der Waals surface area contributed by atoms with Crippen molar-refractivity contribution in [1.82, 2.24) is 19.4 Å². The molecule has 252 valence electrons. The predicted octanol–water partition coefficient (Wildman–Crippen LogP) is 2.83. The van der Waals surface area contributed by atoms with Gasteiger partial charge in [0.05, 0.1) is 31.3 Å². The number of hydrogen-bond donors (Lipinski definition) is 1. The minimum absolute atomic E-state index is 0.138. The average Bonchev–Trinajstić information content (AvgIpc) is 3.11. The molecule has 5 rings (SSSR count). The SMILES string of the molecule is O=C(NCCN1CCOCC1)C(Cc1ccccc1)N(Cc1ccc(Cl)cc1)C(=O)COc1ccc(S(=O)(=O)N2CCOCC2)cc1. The first-order valence-corrected chi connectivity index (χ1v) is 17.6. The van der Waals surface area contributed by atoms with Crippen molar-refractivity contribution < 1.29 is 32.2 Å². The Balaban J connectivity index is 1.32. The lowest BCUT2D eigenvalue weighted by Crippen LogP contribution is -2.52. The van der Waals surface area contributed by atoms with Crippen molar-refractivity contribution in [1.29, 1.82) is 0 Å². The third-order valence-electron chi connectivity index (χ3n) is 8.16. The van der Waals surface area contributed by atoms with Gasteiger partial charge in [-0.05, 0) is 47.5 Å². The van der Waals surface area contributed by atoms with Gasteiger partial charge in [0.25, 0.3) is 5.91 Å². The van der Waals surface area contributed by atoms with Crippen molar-refractivity contribution in [3.63, 3.8) is 0 Å². The van der Waals surface area contributed by atoms with Crippen molar-refractivity contribution in [2.45, 2.75) is 23.9 Å². The normalized spacial score (nSPS) is 16.7. The zero-order valence-corrected chi connectivity index (χ0v) is 27.8. The second-order valence-corrected chi connectivity index (χ2v) is 13.7. The number of carbonyl (C=O) groups excluding carboxylic acids is 2. The number of rotatable bonds is 14. The van der Waals surface area contributed by atoms with Crippen LogP contribution in [0.5, 0.6) is 5.75 Å². The second kappa shape index (κ2) is 17.0. The van der Waals surface area contributed by atoms with E-state index in [1.165, 1.54) is 33.5 Å². The van der Waals surface area contributed by atoms with Crippen molar-refractivity contribution in [3.05, 3.63) is 95.0 Å². The van der Waals surface area contributed by atoms with E-state index in [0.717, 1.165) is 24.2 Å². The quantitative estimate of drug-likeness (QED) is 0.276. The van der Waals surface area contributed by atoms with Crippen LogP contribution in [-0.2, 0) is 42.1 Å². The van der Waals surface area contributed by atoms with Crippen molar-refractivity contribution in [2.75, 3.05) is 72.3 Å². The summed E-state index contributed by atoms with van der Waals surface area (Å²) in [7, 11) is -3.67. The van der Waals surface area contributed by atoms with E-state index in [-0.39, 0.29) is 24.0 Å². The number of carbonyl (C=O) groups is 2. The van der Waals surface area contributed by atoms with Crippen molar-refractivity contribution in [3.8, 4) is 5.75 Å². The Morgan fingerprint density at radius 3 is 2.15 bits per heavy atom. The average molecular weight is 685 g/mol. The topological polar surface area (TPSA) is 118 Å². The minimum atomic E-state index is -3.67. The molecule has 0 spiro atoms. The molecule has 47 heavy (non-hydrogen) atoms. The highest BCUT2D eigenvalue weighted by atomic mass is 35.5. The molecule has 3 aromatic carbocycles. The molecule has 0 aromatic heterocycles. The van der Waals surface area contributed by atoms with Gasteiger partial charge in [0.2, 0.25) is 15.9 Å². The molecule has 0 saturated carbocycles. The Kier molecular flexibility index (Phi) is 12.6. The standard InChI is InChI=1S/C34H41ClN4O7S/c35-29-8-6-28(7-9-29)25-39(32(24-27-4-2-1-3-5-27)34(41)36-14-15-37-16-20-44-21-17-37)33(40)26-46-30-10-12-31(13-11-30)47(42,43)38-18-22-45-23-19-38/h1-13,32H,14-26H2,(H,36,41). The fourth-order valence-electron chi connectivity index (χ4n) is 5.49. The van der Waals surface area contributed by atoms with E-state index in [2.05, 4.69) is 10.2 Å². The zero-order valence-electron chi connectivity index (χ0n) is 26.3. The van der Waals surface area contributed by atoms with Gasteiger partial charge in [-0.3, -0.25) is 14.5 Å². The van der Waals surface area contributed by atoms with Crippen molar-refractivity contribution in [2.24, 2.45) is 0 Å². The summed E-state index contributed by atoms with van der Waals surface area (Å²) in [4.78, 5) is 31.7. The van der Waals surface area contributed by atoms with E-state index in [4.69, 9.17) is 25.8 Å². The van der Waals surface area contributed by atoms with E-state index in [1.807, 2.05) is 42.5 Å². The van der Waals surface area contributed by atoms with E-state index < -0.39 is 22.0 Å². The largest absolute Gasteiger partial charge is 0.484 e. The van der Waals surface area contributed by atoms with Gasteiger partial charge in [-0.1, -0.05) is 54.1 Å². The Labute approximate surface area is 281 Å². The minimum Gasteiger partial charge on any atom is -0.484 e. The highest BCUT2D eigenvalue weighted by molar-refractivity contribution is 7.89. The lowest BCUT2D eigenvalue weighted by molar-refractivity contribution is -0.142. The van der Waals surface area contributed by atoms with Gasteiger partial charge in [-0.15, -0.1) is 0 Å². The maximum absolute atomic E-state index is 13.9. The van der Waals surface area contributed by atoms with Crippen LogP contribution in [0.2, 0.25) is 5.02 Å². The number of morpholine rings is 2. The second-order valence-electron chi connectivity index (χ2n) is 11.4. The number of nitrogens with one attached hydrogen (secondary N) is 1. The molecule has 1 N–H and O–H groups in total. The Hall–Kier alpha value is -3.52. The van der Waals surface area contributed by atoms with E-state index in [1.54, 1.807) is 12.1 Å². The van der Waals surface area contributed by atoms with Crippen LogP contribution in [0.25, 0.3) is 0 Å². The Bertz CT molecular complexity index is 1550. The van der Waals surface area contributed by atoms with Gasteiger partial charge in [-0.2, -0.15) is 4.31 Å². The first-order chi connectivity index (χ1) is 22.8. The fraction of sp³-hybridized carbons (Fsp3) is 0.412. The molecule has 2 amide bonds. The molecule has 1 unspecified atom stereocenters. The third-order valence-corrected chi connectivity index (χ3v) is 10.3. The molecule has 3 aromatic rings. The van der Waals surface area contributed by atoms with Crippen LogP contribution in [0.3, 0.4) is 0 Å². The maximum atomic E-state index is 13.9. The molecule has 2 aliphatic rings. The molecule has 0 radical (unpaired) electrons. The molecular formula is C34H41ClN4O7S. The van der Waals surface area contributed by atoms with Crippen LogP contribution >= 0.6 is 11.6 Å². The maximum Gasteiger partial charge on any atom is 0.261 e. The number of ether oxygens (including phenoxy) is 3.